The van der Waals surface area contributed by atoms with Crippen molar-refractivity contribution in [2.45, 2.75) is 13.0 Å². The van der Waals surface area contributed by atoms with Crippen LogP contribution in [0, 0.1) is 0 Å². The molecule has 0 bridgehead atoms. The first-order chi connectivity index (χ1) is 15.5. The third kappa shape index (κ3) is 3.30. The van der Waals surface area contributed by atoms with Gasteiger partial charge in [0.15, 0.2) is 18.2 Å². The lowest BCUT2D eigenvalue weighted by molar-refractivity contribution is -0.135. The normalized spacial score (nSPS) is 14.3. The predicted molar refractivity (Wildman–Crippen MR) is 116 cm³/mol. The molecular formula is C26H19NO5. The van der Waals surface area contributed by atoms with Gasteiger partial charge in [-0.15, -0.1) is 0 Å². The minimum Gasteiger partial charge on any atom is -0.452 e. The molecule has 0 N–H and O–H groups in total. The van der Waals surface area contributed by atoms with Crippen LogP contribution in [0.2, 0.25) is 0 Å². The van der Waals surface area contributed by atoms with Gasteiger partial charge in [-0.2, -0.15) is 0 Å². The summed E-state index contributed by atoms with van der Waals surface area (Å²) in [5, 5.41) is 0. The van der Waals surface area contributed by atoms with Crippen LogP contribution in [0.4, 0.5) is 0 Å². The van der Waals surface area contributed by atoms with E-state index in [1.165, 1.54) is 23.8 Å². The molecule has 158 valence electrons. The van der Waals surface area contributed by atoms with Gasteiger partial charge in [-0.3, -0.25) is 14.4 Å². The molecule has 3 aromatic rings. The van der Waals surface area contributed by atoms with Crippen molar-refractivity contribution in [3.05, 3.63) is 106 Å². The molecule has 1 amide bonds. The Labute approximate surface area is 184 Å². The molecule has 0 aromatic heterocycles. The lowest BCUT2D eigenvalue weighted by atomic mass is 9.82. The molecular weight excluding hydrogens is 406 g/mol. The second kappa shape index (κ2) is 7.89. The monoisotopic (exact) mass is 425 g/mol. The van der Waals surface area contributed by atoms with E-state index in [1.807, 2.05) is 24.3 Å². The SMILES string of the molecule is O=C(OCC(=O)N1CCc2ccccc2C1)c1cccc2c1C(=O)c1ccccc1C2=O. The highest BCUT2D eigenvalue weighted by Gasteiger charge is 2.33. The summed E-state index contributed by atoms with van der Waals surface area (Å²) < 4.78 is 5.28. The van der Waals surface area contributed by atoms with Gasteiger partial charge in [0, 0.05) is 35.3 Å². The van der Waals surface area contributed by atoms with Crippen LogP contribution in [0.5, 0.6) is 0 Å². The van der Waals surface area contributed by atoms with Crippen LogP contribution in [-0.4, -0.2) is 41.5 Å². The smallest absolute Gasteiger partial charge is 0.339 e. The first kappa shape index (κ1) is 19.9. The van der Waals surface area contributed by atoms with Crippen LogP contribution < -0.4 is 0 Å². The summed E-state index contributed by atoms with van der Waals surface area (Å²) >= 11 is 0. The molecule has 0 spiro atoms. The quantitative estimate of drug-likeness (QED) is 0.471. The molecule has 1 aliphatic heterocycles. The number of nitrogens with zero attached hydrogens (tertiary/aromatic N) is 1. The minimum absolute atomic E-state index is 0.00728. The number of hydrogen-bond donors (Lipinski definition) is 0. The van der Waals surface area contributed by atoms with Crippen molar-refractivity contribution in [3.8, 4) is 0 Å². The first-order valence-electron chi connectivity index (χ1n) is 10.4. The predicted octanol–water partition coefficient (Wildman–Crippen LogP) is 3.20. The van der Waals surface area contributed by atoms with Crippen LogP contribution in [-0.2, 0) is 22.5 Å². The number of ketones is 2. The average Bonchev–Trinajstić information content (AvgIpc) is 2.84. The van der Waals surface area contributed by atoms with Crippen molar-refractivity contribution in [1.82, 2.24) is 4.90 Å². The van der Waals surface area contributed by atoms with Gasteiger partial charge in [-0.05, 0) is 23.6 Å². The van der Waals surface area contributed by atoms with Gasteiger partial charge >= 0.3 is 5.97 Å². The van der Waals surface area contributed by atoms with Crippen molar-refractivity contribution in [1.29, 1.82) is 0 Å². The summed E-state index contributed by atoms with van der Waals surface area (Å²) in [7, 11) is 0. The summed E-state index contributed by atoms with van der Waals surface area (Å²) in [5.74, 6) is -1.81. The second-order valence-corrected chi connectivity index (χ2v) is 7.84. The largest absolute Gasteiger partial charge is 0.452 e. The Morgan fingerprint density at radius 3 is 2.22 bits per heavy atom. The lowest BCUT2D eigenvalue weighted by Gasteiger charge is -2.28. The van der Waals surface area contributed by atoms with E-state index in [1.54, 1.807) is 29.2 Å². The highest BCUT2D eigenvalue weighted by Crippen LogP contribution is 2.30. The highest BCUT2D eigenvalue weighted by molar-refractivity contribution is 6.30. The molecule has 2 aliphatic rings. The Morgan fingerprint density at radius 1 is 0.781 bits per heavy atom. The Morgan fingerprint density at radius 2 is 1.44 bits per heavy atom. The Bertz CT molecular complexity index is 1290. The maximum atomic E-state index is 13.0. The Hall–Kier alpha value is -4.06. The lowest BCUT2D eigenvalue weighted by Crippen LogP contribution is -2.38. The number of ether oxygens (including phenoxy) is 1. The average molecular weight is 425 g/mol. The maximum Gasteiger partial charge on any atom is 0.339 e. The third-order valence-electron chi connectivity index (χ3n) is 5.98. The van der Waals surface area contributed by atoms with Gasteiger partial charge in [0.1, 0.15) is 0 Å². The number of hydrogen-bond acceptors (Lipinski definition) is 5. The summed E-state index contributed by atoms with van der Waals surface area (Å²) in [6.45, 7) is 0.596. The van der Waals surface area contributed by atoms with Crippen LogP contribution in [0.1, 0.15) is 53.3 Å². The number of carbonyl (C=O) groups is 4. The highest BCUT2D eigenvalue weighted by atomic mass is 16.5. The van der Waals surface area contributed by atoms with Gasteiger partial charge < -0.3 is 9.64 Å². The molecule has 0 saturated heterocycles. The number of amides is 1. The van der Waals surface area contributed by atoms with Crippen molar-refractivity contribution < 1.29 is 23.9 Å². The summed E-state index contributed by atoms with van der Waals surface area (Å²) in [6, 6.07) is 19.0. The van der Waals surface area contributed by atoms with E-state index in [9.17, 15) is 19.2 Å². The van der Waals surface area contributed by atoms with E-state index in [-0.39, 0.29) is 33.9 Å². The van der Waals surface area contributed by atoms with Gasteiger partial charge in [0.25, 0.3) is 5.91 Å². The van der Waals surface area contributed by atoms with Crippen molar-refractivity contribution in [2.24, 2.45) is 0 Å². The molecule has 0 radical (unpaired) electrons. The summed E-state index contributed by atoms with van der Waals surface area (Å²) in [5.41, 5.74) is 3.06. The van der Waals surface area contributed by atoms with Crippen LogP contribution in [0.15, 0.2) is 66.7 Å². The molecule has 32 heavy (non-hydrogen) atoms. The minimum atomic E-state index is -0.798. The fraction of sp³-hybridized carbons (Fsp3) is 0.154. The fourth-order valence-electron chi connectivity index (χ4n) is 4.32. The standard InChI is InChI=1S/C26H19NO5/c28-22(27-13-12-16-6-1-2-7-17(16)14-27)15-32-26(31)21-11-5-10-20-23(21)25(30)19-9-4-3-8-18(19)24(20)29/h1-11H,12-15H2. The van der Waals surface area contributed by atoms with Crippen LogP contribution in [0.3, 0.4) is 0 Å². The van der Waals surface area contributed by atoms with E-state index < -0.39 is 18.4 Å². The molecule has 0 fully saturated rings. The van der Waals surface area contributed by atoms with Crippen molar-refractivity contribution in [2.75, 3.05) is 13.2 Å². The third-order valence-corrected chi connectivity index (χ3v) is 5.98. The number of fused-ring (bicyclic) bond motifs is 3. The van der Waals surface area contributed by atoms with Gasteiger partial charge in [0.2, 0.25) is 0 Å². The van der Waals surface area contributed by atoms with Crippen LogP contribution >= 0.6 is 0 Å². The van der Waals surface area contributed by atoms with E-state index in [4.69, 9.17) is 4.74 Å². The Balaban J connectivity index is 1.34. The fourth-order valence-corrected chi connectivity index (χ4v) is 4.32. The molecule has 3 aromatic carbocycles. The zero-order chi connectivity index (χ0) is 22.2. The molecule has 6 heteroatoms. The summed E-state index contributed by atoms with van der Waals surface area (Å²) in [4.78, 5) is 53.0. The van der Waals surface area contributed by atoms with Gasteiger partial charge in [-0.25, -0.2) is 4.79 Å². The summed E-state index contributed by atoms with van der Waals surface area (Å²) in [6.07, 6.45) is 0.748. The molecule has 1 heterocycles. The molecule has 0 saturated carbocycles. The second-order valence-electron chi connectivity index (χ2n) is 7.84. The van der Waals surface area contributed by atoms with Crippen molar-refractivity contribution in [3.63, 3.8) is 0 Å². The Kier molecular flexibility index (Phi) is 4.90. The van der Waals surface area contributed by atoms with E-state index in [2.05, 4.69) is 0 Å². The molecule has 1 aliphatic carbocycles. The molecule has 6 nitrogen and oxygen atoms in total. The van der Waals surface area contributed by atoms with Crippen LogP contribution in [0.25, 0.3) is 0 Å². The zero-order valence-electron chi connectivity index (χ0n) is 17.2. The van der Waals surface area contributed by atoms with Crippen molar-refractivity contribution >= 4 is 23.4 Å². The topological polar surface area (TPSA) is 80.8 Å². The number of rotatable bonds is 3. The first-order valence-corrected chi connectivity index (χ1v) is 10.4. The maximum absolute atomic E-state index is 13.0. The number of esters is 1. The van der Waals surface area contributed by atoms with E-state index in [0.29, 0.717) is 18.7 Å². The van der Waals surface area contributed by atoms with E-state index >= 15 is 0 Å². The molecule has 0 unspecified atom stereocenters. The van der Waals surface area contributed by atoms with Gasteiger partial charge in [0.05, 0.1) is 5.56 Å². The van der Waals surface area contributed by atoms with E-state index in [0.717, 1.165) is 12.0 Å². The molecule has 0 atom stereocenters. The molecule has 5 rings (SSSR count). The number of carbonyl (C=O) groups excluding carboxylic acids is 4. The zero-order valence-corrected chi connectivity index (χ0v) is 17.2. The number of benzene rings is 3. The van der Waals surface area contributed by atoms with Gasteiger partial charge in [-0.1, -0.05) is 60.7 Å².